The van der Waals surface area contributed by atoms with Gasteiger partial charge in [-0.1, -0.05) is 0 Å². The lowest BCUT2D eigenvalue weighted by Crippen LogP contribution is -2.19. The number of nitro groups is 1. The van der Waals surface area contributed by atoms with Gasteiger partial charge < -0.3 is 20.0 Å². The summed E-state index contributed by atoms with van der Waals surface area (Å²) in [5.74, 6) is -5.86. The van der Waals surface area contributed by atoms with Gasteiger partial charge in [-0.2, -0.15) is 0 Å². The topological polar surface area (TPSA) is 103 Å². The number of carboxylic acids is 1. The highest BCUT2D eigenvalue weighted by molar-refractivity contribution is 5.71. The third kappa shape index (κ3) is 4.04. The molecule has 0 aliphatic rings. The highest BCUT2D eigenvalue weighted by Crippen LogP contribution is 2.27. The third-order valence-electron chi connectivity index (χ3n) is 1.75. The minimum absolute atomic E-state index is 0.124. The van der Waals surface area contributed by atoms with E-state index in [9.17, 15) is 32.5 Å². The summed E-state index contributed by atoms with van der Waals surface area (Å²) in [6.45, 7) is 0. The molecular weight excluding hydrogens is 280 g/mol. The molecule has 0 amide bonds. The number of pyridine rings is 1. The molecule has 0 saturated heterocycles. The number of nitrogens with zero attached hydrogens (tertiary/aromatic N) is 2. The molecule has 0 bridgehead atoms. The van der Waals surface area contributed by atoms with Crippen molar-refractivity contribution in [2.24, 2.45) is 0 Å². The zero-order valence-electron chi connectivity index (χ0n) is 8.77. The molecule has 0 aliphatic heterocycles. The van der Waals surface area contributed by atoms with E-state index >= 15 is 0 Å². The summed E-state index contributed by atoms with van der Waals surface area (Å²) in [6, 6.07) is 0.124. The first kappa shape index (κ1) is 14.6. The fourth-order valence-electron chi connectivity index (χ4n) is 1.14. The Morgan fingerprint density at radius 2 is 2.11 bits per heavy atom. The van der Waals surface area contributed by atoms with Gasteiger partial charge in [0.15, 0.2) is 0 Å². The smallest absolute Gasteiger partial charge is 0.481 e. The number of carboxylic acid groups (broad SMARTS) is 1. The Bertz CT molecular complexity index is 531. The van der Waals surface area contributed by atoms with Gasteiger partial charge in [-0.05, 0) is 4.92 Å². The molecule has 0 atom stereocenters. The van der Waals surface area contributed by atoms with Crippen LogP contribution >= 0.6 is 0 Å². The van der Waals surface area contributed by atoms with Crippen LogP contribution in [-0.2, 0) is 11.2 Å². The van der Waals surface area contributed by atoms with Crippen molar-refractivity contribution in [1.29, 1.82) is 0 Å². The molecular formula is C8H4F4N2O5. The molecule has 0 spiro atoms. The summed E-state index contributed by atoms with van der Waals surface area (Å²) in [7, 11) is 0. The van der Waals surface area contributed by atoms with E-state index in [2.05, 4.69) is 9.72 Å². The predicted molar refractivity (Wildman–Crippen MR) is 48.9 cm³/mol. The van der Waals surface area contributed by atoms with Crippen molar-refractivity contribution in [3.63, 3.8) is 0 Å². The summed E-state index contributed by atoms with van der Waals surface area (Å²) in [5.41, 5.74) is -0.938. The van der Waals surface area contributed by atoms with Crippen molar-refractivity contribution < 1.29 is 37.1 Å². The molecule has 7 nitrogen and oxygen atoms in total. The number of ether oxygens (including phenoxy) is 1. The maximum absolute atomic E-state index is 13.4. The molecule has 19 heavy (non-hydrogen) atoms. The van der Waals surface area contributed by atoms with Gasteiger partial charge in [0.05, 0.1) is 18.1 Å². The molecule has 1 rings (SSSR count). The van der Waals surface area contributed by atoms with Crippen molar-refractivity contribution in [1.82, 2.24) is 4.98 Å². The Morgan fingerprint density at radius 3 is 2.53 bits per heavy atom. The number of hydrogen-bond acceptors (Lipinski definition) is 5. The first-order valence-electron chi connectivity index (χ1n) is 4.41. The van der Waals surface area contributed by atoms with Gasteiger partial charge in [0.25, 0.3) is 0 Å². The average molecular weight is 284 g/mol. The number of aromatic nitrogens is 1. The summed E-state index contributed by atoms with van der Waals surface area (Å²) >= 11 is 0. The number of rotatable bonds is 4. The van der Waals surface area contributed by atoms with Crippen molar-refractivity contribution in [2.75, 3.05) is 0 Å². The lowest BCUT2D eigenvalue weighted by atomic mass is 10.2. The minimum atomic E-state index is -5.21. The van der Waals surface area contributed by atoms with E-state index in [0.717, 1.165) is 0 Å². The second-order valence-corrected chi connectivity index (χ2v) is 3.12. The summed E-state index contributed by atoms with van der Waals surface area (Å²) in [4.78, 5) is 22.4. The Hall–Kier alpha value is -2.46. The van der Waals surface area contributed by atoms with E-state index in [1.165, 1.54) is 0 Å². The van der Waals surface area contributed by atoms with Crippen molar-refractivity contribution in [3.8, 4) is 5.88 Å². The zero-order chi connectivity index (χ0) is 14.8. The van der Waals surface area contributed by atoms with E-state index in [1.54, 1.807) is 0 Å². The molecule has 0 aromatic carbocycles. The van der Waals surface area contributed by atoms with Crippen LogP contribution in [0, 0.1) is 15.9 Å². The van der Waals surface area contributed by atoms with Gasteiger partial charge in [-0.15, -0.1) is 13.2 Å². The van der Waals surface area contributed by atoms with E-state index < -0.39 is 46.8 Å². The number of carbonyl (C=O) groups is 1. The average Bonchev–Trinajstić information content (AvgIpc) is 2.18. The molecule has 0 fully saturated rings. The second-order valence-electron chi connectivity index (χ2n) is 3.12. The van der Waals surface area contributed by atoms with Crippen LogP contribution in [0.2, 0.25) is 0 Å². The van der Waals surface area contributed by atoms with Gasteiger partial charge in [0.2, 0.25) is 0 Å². The molecule has 1 heterocycles. The van der Waals surface area contributed by atoms with Crippen LogP contribution in [-0.4, -0.2) is 27.3 Å². The lowest BCUT2D eigenvalue weighted by molar-refractivity contribution is -0.390. The van der Waals surface area contributed by atoms with Crippen LogP contribution in [0.5, 0.6) is 5.88 Å². The molecule has 0 aliphatic carbocycles. The second kappa shape index (κ2) is 5.04. The standard InChI is InChI=1S/C8H4F4N2O5/c9-4-2-5(19-8(10,11)12)13-7(14(17)18)3(4)1-6(15)16/h2H,1H2,(H,15,16). The Kier molecular flexibility index (Phi) is 3.87. The summed E-state index contributed by atoms with van der Waals surface area (Å²) in [5, 5.41) is 18.9. The van der Waals surface area contributed by atoms with E-state index in [4.69, 9.17) is 5.11 Å². The van der Waals surface area contributed by atoms with Gasteiger partial charge in [-0.25, -0.2) is 4.39 Å². The van der Waals surface area contributed by atoms with Crippen LogP contribution in [0.3, 0.4) is 0 Å². The molecule has 104 valence electrons. The van der Waals surface area contributed by atoms with Crippen LogP contribution < -0.4 is 4.74 Å². The molecule has 0 unspecified atom stereocenters. The lowest BCUT2D eigenvalue weighted by Gasteiger charge is -2.07. The third-order valence-corrected chi connectivity index (χ3v) is 1.75. The van der Waals surface area contributed by atoms with E-state index in [1.807, 2.05) is 0 Å². The Morgan fingerprint density at radius 1 is 1.53 bits per heavy atom. The fraction of sp³-hybridized carbons (Fsp3) is 0.250. The molecule has 1 aromatic rings. The molecule has 11 heteroatoms. The predicted octanol–water partition coefficient (Wildman–Crippen LogP) is 1.65. The molecule has 0 radical (unpaired) electrons. The van der Waals surface area contributed by atoms with Crippen molar-refractivity contribution >= 4 is 11.8 Å². The fourth-order valence-corrected chi connectivity index (χ4v) is 1.14. The zero-order valence-corrected chi connectivity index (χ0v) is 8.77. The monoisotopic (exact) mass is 284 g/mol. The van der Waals surface area contributed by atoms with Gasteiger partial charge >= 0.3 is 24.0 Å². The molecule has 0 saturated carbocycles. The summed E-state index contributed by atoms with van der Waals surface area (Å²) < 4.78 is 52.2. The Balaban J connectivity index is 3.29. The maximum Gasteiger partial charge on any atom is 0.575 e. The largest absolute Gasteiger partial charge is 0.575 e. The normalized spacial score (nSPS) is 11.2. The van der Waals surface area contributed by atoms with Crippen LogP contribution in [0.1, 0.15) is 5.56 Å². The van der Waals surface area contributed by atoms with Crippen molar-refractivity contribution in [2.45, 2.75) is 12.8 Å². The van der Waals surface area contributed by atoms with Crippen LogP contribution in [0.4, 0.5) is 23.4 Å². The maximum atomic E-state index is 13.4. The Labute approximate surface area is 101 Å². The first-order chi connectivity index (χ1) is 8.60. The number of alkyl halides is 3. The SMILES string of the molecule is O=C(O)Cc1c(F)cc(OC(F)(F)F)nc1[N+](=O)[O-]. The number of aliphatic carboxylic acids is 1. The number of halogens is 4. The molecule has 1 N–H and O–H groups in total. The van der Waals surface area contributed by atoms with E-state index in [0.29, 0.717) is 0 Å². The first-order valence-corrected chi connectivity index (χ1v) is 4.41. The quantitative estimate of drug-likeness (QED) is 0.512. The van der Waals surface area contributed by atoms with Gasteiger partial charge in [-0.3, -0.25) is 4.79 Å². The van der Waals surface area contributed by atoms with Crippen LogP contribution in [0.15, 0.2) is 6.07 Å². The highest BCUT2D eigenvalue weighted by atomic mass is 19.4. The summed E-state index contributed by atoms with van der Waals surface area (Å²) in [6.07, 6.45) is -6.30. The van der Waals surface area contributed by atoms with Crippen molar-refractivity contribution in [3.05, 3.63) is 27.6 Å². The van der Waals surface area contributed by atoms with Crippen LogP contribution in [0.25, 0.3) is 0 Å². The molecule has 1 aromatic heterocycles. The number of hydrogen-bond donors (Lipinski definition) is 1. The highest BCUT2D eigenvalue weighted by Gasteiger charge is 2.35. The van der Waals surface area contributed by atoms with Gasteiger partial charge in [0.1, 0.15) is 5.82 Å². The van der Waals surface area contributed by atoms with Gasteiger partial charge in [0, 0.05) is 4.98 Å². The van der Waals surface area contributed by atoms with E-state index in [-0.39, 0.29) is 6.07 Å². The minimum Gasteiger partial charge on any atom is -0.481 e.